The highest BCUT2D eigenvalue weighted by molar-refractivity contribution is 14.1. The van der Waals surface area contributed by atoms with Crippen molar-refractivity contribution in [3.8, 4) is 11.3 Å². The first kappa shape index (κ1) is 11.4. The van der Waals surface area contributed by atoms with Crippen LogP contribution in [0.15, 0.2) is 24.3 Å². The van der Waals surface area contributed by atoms with Crippen molar-refractivity contribution in [1.29, 1.82) is 0 Å². The number of hydrogen-bond acceptors (Lipinski definition) is 1. The molecule has 82 valence electrons. The van der Waals surface area contributed by atoms with E-state index in [9.17, 15) is 4.79 Å². The minimum Gasteiger partial charge on any atom is -0.351 e. The van der Waals surface area contributed by atoms with Gasteiger partial charge in [-0.3, -0.25) is 4.79 Å². The molecule has 1 aromatic carbocycles. The van der Waals surface area contributed by atoms with Crippen LogP contribution in [-0.2, 0) is 0 Å². The van der Waals surface area contributed by atoms with E-state index in [1.165, 1.54) is 11.1 Å². The highest BCUT2D eigenvalue weighted by Crippen LogP contribution is 2.28. The van der Waals surface area contributed by atoms with Crippen LogP contribution in [0.2, 0.25) is 0 Å². The molecule has 3 heteroatoms. The Bertz CT molecular complexity index is 543. The van der Waals surface area contributed by atoms with E-state index in [1.54, 1.807) is 0 Å². The van der Waals surface area contributed by atoms with Gasteiger partial charge < -0.3 is 4.98 Å². The zero-order valence-electron chi connectivity index (χ0n) is 9.17. The Morgan fingerprint density at radius 3 is 2.56 bits per heavy atom. The number of rotatable bonds is 2. The fourth-order valence-corrected chi connectivity index (χ4v) is 2.56. The van der Waals surface area contributed by atoms with Gasteiger partial charge in [-0.15, -0.1) is 0 Å². The molecule has 0 aliphatic heterocycles. The third kappa shape index (κ3) is 2.04. The molecule has 2 aromatic rings. The lowest BCUT2D eigenvalue weighted by Crippen LogP contribution is -1.87. The standard InChI is InChI=1S/C13H12INO/c1-8-3-4-11(9(2)5-8)13-12(14)6-10(7-16)15-13/h3-7,15H,1-2H3. The van der Waals surface area contributed by atoms with Crippen molar-refractivity contribution in [3.63, 3.8) is 0 Å². The van der Waals surface area contributed by atoms with Crippen molar-refractivity contribution in [2.24, 2.45) is 0 Å². The van der Waals surface area contributed by atoms with Gasteiger partial charge in [0.25, 0.3) is 0 Å². The summed E-state index contributed by atoms with van der Waals surface area (Å²) in [6, 6.07) is 8.18. The first-order valence-corrected chi connectivity index (χ1v) is 6.11. The van der Waals surface area contributed by atoms with Crippen LogP contribution < -0.4 is 0 Å². The van der Waals surface area contributed by atoms with E-state index in [1.807, 2.05) is 6.07 Å². The molecule has 0 aliphatic rings. The van der Waals surface area contributed by atoms with Crippen LogP contribution in [0.25, 0.3) is 11.3 Å². The van der Waals surface area contributed by atoms with E-state index in [0.29, 0.717) is 5.69 Å². The van der Waals surface area contributed by atoms with Gasteiger partial charge in [-0.05, 0) is 48.1 Å². The van der Waals surface area contributed by atoms with Crippen molar-refractivity contribution in [2.45, 2.75) is 13.8 Å². The van der Waals surface area contributed by atoms with Crippen LogP contribution in [0.1, 0.15) is 21.6 Å². The lowest BCUT2D eigenvalue weighted by molar-refractivity contribution is 0.111. The predicted molar refractivity (Wildman–Crippen MR) is 73.8 cm³/mol. The average molecular weight is 325 g/mol. The lowest BCUT2D eigenvalue weighted by Gasteiger charge is -2.05. The Balaban J connectivity index is 2.57. The molecule has 2 rings (SSSR count). The van der Waals surface area contributed by atoms with Gasteiger partial charge in [-0.1, -0.05) is 23.8 Å². The molecule has 1 heterocycles. The highest BCUT2D eigenvalue weighted by atomic mass is 127. The molecule has 0 saturated carbocycles. The van der Waals surface area contributed by atoms with Crippen LogP contribution in [0.5, 0.6) is 0 Å². The predicted octanol–water partition coefficient (Wildman–Crippen LogP) is 3.72. The molecule has 0 unspecified atom stereocenters. The molecule has 0 fully saturated rings. The number of aryl methyl sites for hydroxylation is 2. The number of carbonyl (C=O) groups is 1. The number of aromatic nitrogens is 1. The van der Waals surface area contributed by atoms with Crippen molar-refractivity contribution in [1.82, 2.24) is 4.98 Å². The van der Waals surface area contributed by atoms with E-state index < -0.39 is 0 Å². The highest BCUT2D eigenvalue weighted by Gasteiger charge is 2.09. The third-order valence-electron chi connectivity index (χ3n) is 2.57. The van der Waals surface area contributed by atoms with Crippen molar-refractivity contribution in [3.05, 3.63) is 44.7 Å². The molecular weight excluding hydrogens is 313 g/mol. The Morgan fingerprint density at radius 2 is 2.00 bits per heavy atom. The summed E-state index contributed by atoms with van der Waals surface area (Å²) in [4.78, 5) is 13.8. The van der Waals surface area contributed by atoms with E-state index in [-0.39, 0.29) is 0 Å². The molecule has 0 amide bonds. The number of benzene rings is 1. The molecule has 1 N–H and O–H groups in total. The van der Waals surface area contributed by atoms with Crippen molar-refractivity contribution in [2.75, 3.05) is 0 Å². The summed E-state index contributed by atoms with van der Waals surface area (Å²) >= 11 is 2.24. The van der Waals surface area contributed by atoms with Gasteiger partial charge in [-0.2, -0.15) is 0 Å². The lowest BCUT2D eigenvalue weighted by atomic mass is 10.0. The summed E-state index contributed by atoms with van der Waals surface area (Å²) in [7, 11) is 0. The normalized spacial score (nSPS) is 10.4. The Hall–Kier alpha value is -1.10. The van der Waals surface area contributed by atoms with E-state index in [2.05, 4.69) is 59.6 Å². The van der Waals surface area contributed by atoms with Crippen LogP contribution in [-0.4, -0.2) is 11.3 Å². The van der Waals surface area contributed by atoms with Gasteiger partial charge in [-0.25, -0.2) is 0 Å². The fourth-order valence-electron chi connectivity index (χ4n) is 1.80. The van der Waals surface area contributed by atoms with Crippen molar-refractivity contribution < 1.29 is 4.79 Å². The Labute approximate surface area is 108 Å². The van der Waals surface area contributed by atoms with E-state index in [4.69, 9.17) is 0 Å². The van der Waals surface area contributed by atoms with Crippen LogP contribution in [0, 0.1) is 17.4 Å². The summed E-state index contributed by atoms with van der Waals surface area (Å²) in [6.07, 6.45) is 0.842. The second kappa shape index (κ2) is 4.41. The molecular formula is C13H12INO. The van der Waals surface area contributed by atoms with Gasteiger partial charge in [0.15, 0.2) is 6.29 Å². The topological polar surface area (TPSA) is 32.9 Å². The number of carbonyl (C=O) groups excluding carboxylic acids is 1. The monoisotopic (exact) mass is 325 g/mol. The Kier molecular flexibility index (Phi) is 3.14. The van der Waals surface area contributed by atoms with Crippen molar-refractivity contribution >= 4 is 28.9 Å². The minimum atomic E-state index is 0.624. The zero-order chi connectivity index (χ0) is 11.7. The van der Waals surface area contributed by atoms with E-state index >= 15 is 0 Å². The molecule has 1 aromatic heterocycles. The average Bonchev–Trinajstić information content (AvgIpc) is 2.60. The number of halogens is 1. The number of nitrogens with one attached hydrogen (secondary N) is 1. The number of aromatic amines is 1. The zero-order valence-corrected chi connectivity index (χ0v) is 11.3. The smallest absolute Gasteiger partial charge is 0.166 e. The van der Waals surface area contributed by atoms with Crippen LogP contribution in [0.3, 0.4) is 0 Å². The molecule has 0 radical (unpaired) electrons. The largest absolute Gasteiger partial charge is 0.351 e. The maximum Gasteiger partial charge on any atom is 0.166 e. The molecule has 0 spiro atoms. The molecule has 0 saturated heterocycles. The summed E-state index contributed by atoms with van der Waals surface area (Å²) in [5.41, 5.74) is 5.28. The molecule has 2 nitrogen and oxygen atoms in total. The molecule has 16 heavy (non-hydrogen) atoms. The summed E-state index contributed by atoms with van der Waals surface area (Å²) in [5.74, 6) is 0. The number of hydrogen-bond donors (Lipinski definition) is 1. The Morgan fingerprint density at radius 1 is 1.25 bits per heavy atom. The van der Waals surface area contributed by atoms with Crippen LogP contribution >= 0.6 is 22.6 Å². The van der Waals surface area contributed by atoms with Crippen LogP contribution in [0.4, 0.5) is 0 Å². The molecule has 0 aliphatic carbocycles. The second-order valence-corrected chi connectivity index (χ2v) is 5.05. The maximum atomic E-state index is 10.7. The van der Waals surface area contributed by atoms with E-state index in [0.717, 1.165) is 21.1 Å². The van der Waals surface area contributed by atoms with Gasteiger partial charge >= 0.3 is 0 Å². The maximum absolute atomic E-state index is 10.7. The SMILES string of the molecule is Cc1ccc(-c2[nH]c(C=O)cc2I)c(C)c1. The number of aldehydes is 1. The van der Waals surface area contributed by atoms with Gasteiger partial charge in [0.1, 0.15) is 0 Å². The molecule has 0 bridgehead atoms. The van der Waals surface area contributed by atoms with Gasteiger partial charge in [0.2, 0.25) is 0 Å². The summed E-state index contributed by atoms with van der Waals surface area (Å²) in [5, 5.41) is 0. The molecule has 0 atom stereocenters. The fraction of sp³-hybridized carbons (Fsp3) is 0.154. The minimum absolute atomic E-state index is 0.624. The first-order chi connectivity index (χ1) is 7.61. The second-order valence-electron chi connectivity index (χ2n) is 3.88. The third-order valence-corrected chi connectivity index (χ3v) is 3.42. The van der Waals surface area contributed by atoms with Gasteiger partial charge in [0.05, 0.1) is 11.4 Å². The quantitative estimate of drug-likeness (QED) is 0.663. The number of H-pyrrole nitrogens is 1. The summed E-state index contributed by atoms with van der Waals surface area (Å²) in [6.45, 7) is 4.16. The van der Waals surface area contributed by atoms with Gasteiger partial charge in [0, 0.05) is 9.13 Å². The first-order valence-electron chi connectivity index (χ1n) is 5.03. The summed E-state index contributed by atoms with van der Waals surface area (Å²) < 4.78 is 1.08.